The number of carbonyl (C=O) groups is 9. The van der Waals surface area contributed by atoms with Crippen LogP contribution in [0.5, 0.6) is 0 Å². The van der Waals surface area contributed by atoms with Gasteiger partial charge in [0.1, 0.15) is 36.6 Å². The lowest BCUT2D eigenvalue weighted by atomic mass is 9.79. The van der Waals surface area contributed by atoms with Crippen LogP contribution in [0.2, 0.25) is 0 Å². The minimum Gasteiger partial charge on any atom is -0.481 e. The first-order valence-corrected chi connectivity index (χ1v) is 37.0. The lowest BCUT2D eigenvalue weighted by Gasteiger charge is -2.30. The lowest BCUT2D eigenvalue weighted by Crippen LogP contribution is -2.49. The predicted molar refractivity (Wildman–Crippen MR) is 435 cm³/mol. The van der Waals surface area contributed by atoms with Crippen molar-refractivity contribution in [3.8, 4) is 12.3 Å². The zero-order valence-electron chi connectivity index (χ0n) is 73.0. The van der Waals surface area contributed by atoms with Gasteiger partial charge in [0.15, 0.2) is 0 Å². The van der Waals surface area contributed by atoms with Crippen LogP contribution in [0.25, 0.3) is 16.0 Å². The second kappa shape index (κ2) is 61.7. The Hall–Kier alpha value is -8.83. The fourth-order valence-electron chi connectivity index (χ4n) is 4.78. The van der Waals surface area contributed by atoms with Gasteiger partial charge in [-0.3, -0.25) is 38.4 Å². The molecule has 35 heteroatoms. The van der Waals surface area contributed by atoms with Crippen molar-refractivity contribution in [3.05, 3.63) is 93.6 Å². The monoisotopic (exact) mass is 1610 g/mol. The summed E-state index contributed by atoms with van der Waals surface area (Å²) in [6.45, 7) is 52.4. The highest BCUT2D eigenvalue weighted by Gasteiger charge is 2.42. The summed E-state index contributed by atoms with van der Waals surface area (Å²) in [5, 5.41) is 62.6. The van der Waals surface area contributed by atoms with Crippen LogP contribution in [0.3, 0.4) is 0 Å². The number of aromatic nitrogens is 3. The van der Waals surface area contributed by atoms with E-state index in [1.807, 2.05) is 85.7 Å². The quantitative estimate of drug-likeness (QED) is 0.00360. The number of carbonyl (C=O) groups excluding carboxylic acids is 4. The van der Waals surface area contributed by atoms with E-state index in [4.69, 9.17) is 74.9 Å². The van der Waals surface area contributed by atoms with E-state index in [9.17, 15) is 47.7 Å². The zero-order valence-corrected chi connectivity index (χ0v) is 73.9. The van der Waals surface area contributed by atoms with Crippen LogP contribution in [0, 0.1) is 69.5 Å². The van der Waals surface area contributed by atoms with Crippen LogP contribution in [-0.4, -0.2) is 175 Å². The van der Waals surface area contributed by atoms with Crippen LogP contribution in [-0.2, 0) is 89.8 Å². The molecule has 13 N–H and O–H groups in total. The van der Waals surface area contributed by atoms with Crippen molar-refractivity contribution in [2.24, 2.45) is 73.7 Å². The van der Waals surface area contributed by atoms with Crippen LogP contribution in [0.4, 0.5) is 5.69 Å². The van der Waals surface area contributed by atoms with Gasteiger partial charge < -0.3 is 76.8 Å². The number of aliphatic hydroxyl groups is 1. The van der Waals surface area contributed by atoms with Gasteiger partial charge in [0, 0.05) is 80.6 Å². The van der Waals surface area contributed by atoms with Crippen molar-refractivity contribution in [1.82, 2.24) is 25.5 Å². The zero-order chi connectivity index (χ0) is 91.0. The number of nitrogens with two attached hydrogens (primary N) is 3. The van der Waals surface area contributed by atoms with E-state index >= 15 is 0 Å². The summed E-state index contributed by atoms with van der Waals surface area (Å²) in [6.07, 6.45) is 7.99. The summed E-state index contributed by atoms with van der Waals surface area (Å²) in [4.78, 5) is 108. The molecule has 3 aromatic rings. The average Bonchev–Trinajstić information content (AvgIpc) is 1.66. The number of azide groups is 1. The standard InChI is InChI=1S/C11H19N3O2.C9H19NO2.C9H10O2.C8H14.C7H9NO.C7H14O2.C7H14O.C6H13NO2.C5H9N2O4P.C3H5N3O2.C3H7NO2.C2H7NO/c1-7(2)11(4,5)9-6-14(13-12-9)8(3)10(15)16;1-7(2)9(3,4)8(11)10(5)12-6;1-8(10)11-7-9-5-3-2-4-6-9;1-6-8(4,5)7(2)3;8-7-3-1-6(5-9)2-4-7;1-5(2)7(3,4)6(8)9;1-6(2)7(3,4)5-8;1-4(2)6(3,7)5(8)9;1-4(8)5(7-6)12(9,10-2)11-3;1-2(3(7)8)5-6-4;1-2(4)3(5)6;1-3-4-2/h6-8H,1-5H3,(H,15,16);7H,1-6H3;2-6H,7H2,1H3;1,7H,2-5H3;1-4,9H,5,8H2;5H,1-4H3,(H,8,9);5-6H,1-4H3;4H,7H2,1-3H3,(H,8,9);1-3H3;2H,1H3,(H,7,8);2H,4H2,1H3,(H,5,6);3H,1-2H3/t8-;;;;;;;6-;;2*2-;/m0......0.00./s1. The summed E-state index contributed by atoms with van der Waals surface area (Å²) in [5.74, 6) is -0.895. The van der Waals surface area contributed by atoms with Gasteiger partial charge in [-0.1, -0.05) is 177 Å². The largest absolute Gasteiger partial charge is 0.481 e. The van der Waals surface area contributed by atoms with E-state index in [-0.39, 0.29) is 52.0 Å². The molecule has 0 aliphatic carbocycles. The molecule has 0 radical (unpaired) electrons. The Kier molecular flexibility index (Phi) is 66.9. The number of hydrogen-bond acceptors (Lipinski definition) is 23. The number of ether oxygens (including phenoxy) is 1. The number of amides is 1. The Morgan fingerprint density at radius 3 is 1.30 bits per heavy atom. The second-order valence-corrected chi connectivity index (χ2v) is 31.8. The number of hydrogen-bond donors (Lipinski definition) is 10. The average molecular weight is 1620 g/mol. The van der Waals surface area contributed by atoms with E-state index in [1.165, 1.54) is 44.5 Å². The van der Waals surface area contributed by atoms with Gasteiger partial charge in [0.05, 0.1) is 31.9 Å². The summed E-state index contributed by atoms with van der Waals surface area (Å²) < 4.78 is 26.4. The molecule has 0 aliphatic heterocycles. The third-order valence-electron chi connectivity index (χ3n) is 18.0. The van der Waals surface area contributed by atoms with Crippen molar-refractivity contribution in [2.75, 3.05) is 48.3 Å². The Bertz CT molecular complexity index is 3330. The number of terminal acetylenes is 1. The molecule has 0 bridgehead atoms. The number of aliphatic carboxylic acids is 5. The normalized spacial score (nSPS) is 12.0. The topological polar surface area (TPSA) is 547 Å². The van der Waals surface area contributed by atoms with E-state index < -0.39 is 77.8 Å². The highest BCUT2D eigenvalue weighted by atomic mass is 31.2. The molecule has 0 aliphatic rings. The molecule has 112 heavy (non-hydrogen) atoms. The van der Waals surface area contributed by atoms with Gasteiger partial charge in [-0.2, -0.15) is 4.79 Å². The van der Waals surface area contributed by atoms with Crippen molar-refractivity contribution in [3.63, 3.8) is 0 Å². The molecular weight excluding hydrogens is 1470 g/mol. The molecule has 1 aromatic heterocycles. The number of rotatable bonds is 25. The number of esters is 1. The number of aliphatic hydroxyl groups excluding tert-OH is 1. The van der Waals surface area contributed by atoms with Gasteiger partial charge in [0.2, 0.25) is 5.78 Å². The Morgan fingerprint density at radius 2 is 1.11 bits per heavy atom. The smallest absolute Gasteiger partial charge is 0.446 e. The van der Waals surface area contributed by atoms with Gasteiger partial charge >= 0.3 is 48.9 Å². The minimum absolute atomic E-state index is 0.0139. The van der Waals surface area contributed by atoms with Crippen LogP contribution >= 0.6 is 7.60 Å². The minimum atomic E-state index is -3.70. The first kappa shape index (κ1) is 121. The molecule has 644 valence electrons. The number of carboxylic acid groups (broad SMARTS) is 5. The summed E-state index contributed by atoms with van der Waals surface area (Å²) >= 11 is 0. The number of nitrogens with zero attached hydrogens (tertiary/aromatic N) is 9. The van der Waals surface area contributed by atoms with Gasteiger partial charge in [0.25, 0.3) is 5.91 Å². The van der Waals surface area contributed by atoms with E-state index in [0.29, 0.717) is 30.3 Å². The summed E-state index contributed by atoms with van der Waals surface area (Å²) in [5.41, 5.74) is 34.7. The summed E-state index contributed by atoms with van der Waals surface area (Å²) in [6, 6.07) is 14.4. The first-order chi connectivity index (χ1) is 50.7. The SMILES string of the molecule is C#CC(C)(C)C(C)C.CC(=O)OCc1ccccc1.CC(C)C(C)(C)C(=O)O.CC(C)C(C)(C)C=O.CC(C)C(C)(C)c1cn([C@@H](C)C(=O)O)nn1.CC(C)[C@](C)(N)C(=O)O.CNOC.CON(C)C(=O)C(C)(C)C(C)C.COP(=O)(OC)C(=[N+]=[N-])C(C)=O.C[C@H](N)C(=O)O.C[C@H](N=[N+]=[N-])C(=O)O.Nc1ccc(CO)cc1. The van der Waals surface area contributed by atoms with Crippen LogP contribution in [0.1, 0.15) is 217 Å². The molecule has 1 amide bonds. The van der Waals surface area contributed by atoms with Gasteiger partial charge in [-0.15, -0.1) is 17.4 Å². The molecule has 0 saturated carbocycles. The number of carboxylic acids is 5. The highest BCUT2D eigenvalue weighted by molar-refractivity contribution is 7.74. The van der Waals surface area contributed by atoms with Crippen molar-refractivity contribution < 1.29 is 107 Å². The molecule has 34 nitrogen and oxygen atoms in total. The number of hydroxylamine groups is 3. The Balaban J connectivity index is -0.000000149. The lowest BCUT2D eigenvalue weighted by molar-refractivity contribution is -0.181. The molecule has 1 heterocycles. The van der Waals surface area contributed by atoms with Crippen LogP contribution < -0.4 is 22.7 Å². The number of ketones is 1. The van der Waals surface area contributed by atoms with Crippen molar-refractivity contribution in [1.29, 1.82) is 0 Å². The fraction of sp³-hybridized carbons (Fsp3) is 0.662. The predicted octanol–water partition coefficient (Wildman–Crippen LogP) is 13.1. The molecular formula is C77H140N13O21P. The first-order valence-electron chi connectivity index (χ1n) is 35.5. The van der Waals surface area contributed by atoms with Gasteiger partial charge in [-0.05, 0) is 120 Å². The maximum Gasteiger partial charge on any atom is 0.446 e. The second-order valence-electron chi connectivity index (χ2n) is 29.6. The maximum atomic E-state index is 11.6. The number of nitrogen functional groups attached to an aromatic ring is 1. The van der Waals surface area contributed by atoms with E-state index in [1.54, 1.807) is 86.3 Å². The molecule has 0 unspecified atom stereocenters. The Morgan fingerprint density at radius 1 is 0.679 bits per heavy atom. The van der Waals surface area contributed by atoms with Crippen LogP contribution in [0.15, 0.2) is 65.9 Å². The summed E-state index contributed by atoms with van der Waals surface area (Å²) in [7, 11) is 4.90. The van der Waals surface area contributed by atoms with E-state index in [0.717, 1.165) is 49.9 Å². The van der Waals surface area contributed by atoms with Crippen molar-refractivity contribution in [2.45, 2.75) is 236 Å². The molecule has 4 atom stereocenters. The number of aldehydes is 1. The Labute approximate surface area is 666 Å². The van der Waals surface area contributed by atoms with E-state index in [2.05, 4.69) is 120 Å². The molecule has 0 saturated heterocycles. The highest BCUT2D eigenvalue weighted by Crippen LogP contribution is 2.47. The third kappa shape index (κ3) is 55.6. The number of Topliss-reactive ketones (excluding diaryl/α,β-unsaturated/α-hetero) is 1. The molecule has 0 spiro atoms. The maximum absolute atomic E-state index is 11.6. The number of anilines is 1. The van der Waals surface area contributed by atoms with Gasteiger partial charge in [-0.25, -0.2) is 24.6 Å². The molecule has 3 rings (SSSR count). The molecule has 2 aromatic carbocycles. The number of benzene rings is 2. The van der Waals surface area contributed by atoms with Crippen molar-refractivity contribution >= 4 is 72.5 Å². The molecule has 0 fully saturated rings. The fourth-order valence-corrected chi connectivity index (χ4v) is 5.77. The number of nitrogens with one attached hydrogen (secondary N) is 1. The third-order valence-corrected chi connectivity index (χ3v) is 19.8.